The van der Waals surface area contributed by atoms with Gasteiger partial charge in [-0.3, -0.25) is 0 Å². The molecule has 1 aromatic rings. The Balaban J connectivity index is 2.20. The molecule has 8 heteroatoms. The lowest BCUT2D eigenvalue weighted by Crippen LogP contribution is -2.53. The number of alkyl carbamates (subject to hydrolysis) is 2. The first kappa shape index (κ1) is 21.0. The van der Waals surface area contributed by atoms with Crippen molar-refractivity contribution in [2.45, 2.75) is 45.1 Å². The average Bonchev–Trinajstić information content (AvgIpc) is 3.12. The largest absolute Gasteiger partial charge is 0.450 e. The van der Waals surface area contributed by atoms with Gasteiger partial charge in [-0.25, -0.2) is 9.59 Å². The highest BCUT2D eigenvalue weighted by atomic mass is 16.7. The summed E-state index contributed by atoms with van der Waals surface area (Å²) in [5, 5.41) is 5.60. The van der Waals surface area contributed by atoms with Gasteiger partial charge in [0, 0.05) is 6.42 Å². The van der Waals surface area contributed by atoms with Gasteiger partial charge in [0.05, 0.1) is 38.5 Å². The third-order valence-corrected chi connectivity index (χ3v) is 4.30. The average molecular weight is 380 g/mol. The summed E-state index contributed by atoms with van der Waals surface area (Å²) in [5.41, 5.74) is 0.882. The van der Waals surface area contributed by atoms with E-state index in [1.165, 1.54) is 0 Å². The second kappa shape index (κ2) is 10.1. The summed E-state index contributed by atoms with van der Waals surface area (Å²) < 4.78 is 21.8. The number of nitrogens with one attached hydrogen (secondary N) is 2. The Morgan fingerprint density at radius 3 is 2.15 bits per heavy atom. The van der Waals surface area contributed by atoms with E-state index < -0.39 is 30.1 Å². The van der Waals surface area contributed by atoms with Crippen LogP contribution in [0.15, 0.2) is 30.3 Å². The number of rotatable bonds is 8. The van der Waals surface area contributed by atoms with Gasteiger partial charge in [0.25, 0.3) is 0 Å². The van der Waals surface area contributed by atoms with Crippen LogP contribution >= 0.6 is 0 Å². The number of amides is 2. The van der Waals surface area contributed by atoms with E-state index in [4.69, 9.17) is 18.9 Å². The molecule has 2 amide bonds. The van der Waals surface area contributed by atoms with E-state index in [-0.39, 0.29) is 13.2 Å². The highest BCUT2D eigenvalue weighted by molar-refractivity contribution is 5.68. The van der Waals surface area contributed by atoms with E-state index in [9.17, 15) is 9.59 Å². The van der Waals surface area contributed by atoms with Crippen LogP contribution in [0.1, 0.15) is 38.8 Å². The Morgan fingerprint density at radius 2 is 1.59 bits per heavy atom. The Hall–Kier alpha value is -2.32. The minimum absolute atomic E-state index is 0.268. The summed E-state index contributed by atoms with van der Waals surface area (Å²) in [6, 6.07) is 8.57. The van der Waals surface area contributed by atoms with Crippen molar-refractivity contribution in [2.75, 3.05) is 26.4 Å². The maximum Gasteiger partial charge on any atom is 0.407 e. The van der Waals surface area contributed by atoms with E-state index >= 15 is 0 Å². The molecule has 150 valence electrons. The molecule has 0 bridgehead atoms. The minimum Gasteiger partial charge on any atom is -0.450 e. The summed E-state index contributed by atoms with van der Waals surface area (Å²) >= 11 is 0. The molecule has 27 heavy (non-hydrogen) atoms. The van der Waals surface area contributed by atoms with E-state index in [0.29, 0.717) is 19.6 Å². The maximum absolute atomic E-state index is 12.0. The lowest BCUT2D eigenvalue weighted by molar-refractivity contribution is -0.183. The molecule has 0 spiro atoms. The number of carbonyl (C=O) groups is 2. The van der Waals surface area contributed by atoms with E-state index in [1.54, 1.807) is 20.8 Å². The van der Waals surface area contributed by atoms with Crippen molar-refractivity contribution >= 4 is 12.2 Å². The number of ether oxygens (including phenoxy) is 4. The zero-order valence-electron chi connectivity index (χ0n) is 16.0. The first-order valence-corrected chi connectivity index (χ1v) is 9.20. The summed E-state index contributed by atoms with van der Waals surface area (Å²) in [4.78, 5) is 23.9. The fraction of sp³-hybridized carbons (Fsp3) is 0.579. The summed E-state index contributed by atoms with van der Waals surface area (Å²) in [5.74, 6) is -1.09. The zero-order valence-corrected chi connectivity index (χ0v) is 16.0. The number of hydrogen-bond donors (Lipinski definition) is 2. The monoisotopic (exact) mass is 380 g/mol. The van der Waals surface area contributed by atoms with Crippen molar-refractivity contribution in [1.82, 2.24) is 10.6 Å². The van der Waals surface area contributed by atoms with Gasteiger partial charge in [0.2, 0.25) is 0 Å². The van der Waals surface area contributed by atoms with Gasteiger partial charge in [-0.15, -0.1) is 0 Å². The van der Waals surface area contributed by atoms with Gasteiger partial charge in [-0.05, 0) is 26.3 Å². The van der Waals surface area contributed by atoms with Crippen LogP contribution in [0.5, 0.6) is 0 Å². The first-order chi connectivity index (χ1) is 13.0. The van der Waals surface area contributed by atoms with Crippen LogP contribution in [0.3, 0.4) is 0 Å². The van der Waals surface area contributed by atoms with Gasteiger partial charge in [-0.1, -0.05) is 30.3 Å². The van der Waals surface area contributed by atoms with Crippen molar-refractivity contribution in [3.63, 3.8) is 0 Å². The number of hydrogen-bond acceptors (Lipinski definition) is 6. The van der Waals surface area contributed by atoms with Crippen molar-refractivity contribution in [1.29, 1.82) is 0 Å². The van der Waals surface area contributed by atoms with Gasteiger partial charge >= 0.3 is 12.2 Å². The predicted molar refractivity (Wildman–Crippen MR) is 98.2 cm³/mol. The zero-order chi connectivity index (χ0) is 19.7. The summed E-state index contributed by atoms with van der Waals surface area (Å²) in [6.07, 6.45) is -0.771. The van der Waals surface area contributed by atoms with Crippen LogP contribution in [-0.4, -0.2) is 50.4 Å². The SMILES string of the molecule is CCOC(=O)N[C@@H](CC1([C@@H](C)NC(=O)OCC)OCCO1)c1ccccc1. The molecule has 1 aromatic carbocycles. The van der Waals surface area contributed by atoms with Gasteiger partial charge < -0.3 is 29.6 Å². The van der Waals surface area contributed by atoms with E-state index in [0.717, 1.165) is 5.56 Å². The Kier molecular flexibility index (Phi) is 7.87. The van der Waals surface area contributed by atoms with Crippen LogP contribution in [0.25, 0.3) is 0 Å². The fourth-order valence-corrected chi connectivity index (χ4v) is 3.01. The number of benzene rings is 1. The maximum atomic E-state index is 12.0. The quantitative estimate of drug-likeness (QED) is 0.720. The van der Waals surface area contributed by atoms with Crippen molar-refractivity contribution in [2.24, 2.45) is 0 Å². The molecule has 1 fully saturated rings. The van der Waals surface area contributed by atoms with Crippen LogP contribution < -0.4 is 10.6 Å². The molecule has 2 atom stereocenters. The molecular formula is C19H28N2O6. The van der Waals surface area contributed by atoms with Gasteiger partial charge in [-0.2, -0.15) is 0 Å². The molecule has 8 nitrogen and oxygen atoms in total. The molecule has 0 radical (unpaired) electrons. The Morgan fingerprint density at radius 1 is 1.04 bits per heavy atom. The van der Waals surface area contributed by atoms with E-state index in [2.05, 4.69) is 10.6 Å². The first-order valence-electron chi connectivity index (χ1n) is 9.20. The Bertz CT molecular complexity index is 603. The number of carbonyl (C=O) groups excluding carboxylic acids is 2. The second-order valence-corrected chi connectivity index (χ2v) is 6.13. The van der Waals surface area contributed by atoms with Crippen LogP contribution in [0, 0.1) is 0 Å². The van der Waals surface area contributed by atoms with Crippen LogP contribution in [0.4, 0.5) is 9.59 Å². The van der Waals surface area contributed by atoms with Crippen molar-refractivity contribution in [3.05, 3.63) is 35.9 Å². The Labute approximate surface area is 159 Å². The van der Waals surface area contributed by atoms with Crippen molar-refractivity contribution < 1.29 is 28.5 Å². The molecule has 0 saturated carbocycles. The molecule has 1 saturated heterocycles. The third-order valence-electron chi connectivity index (χ3n) is 4.30. The lowest BCUT2D eigenvalue weighted by atomic mass is 9.94. The topological polar surface area (TPSA) is 95.1 Å². The van der Waals surface area contributed by atoms with Gasteiger partial charge in [0.15, 0.2) is 5.79 Å². The summed E-state index contributed by atoms with van der Waals surface area (Å²) in [7, 11) is 0. The van der Waals surface area contributed by atoms with E-state index in [1.807, 2.05) is 30.3 Å². The van der Waals surface area contributed by atoms with Crippen LogP contribution in [-0.2, 0) is 18.9 Å². The molecular weight excluding hydrogens is 352 g/mol. The fourth-order valence-electron chi connectivity index (χ4n) is 3.01. The highest BCUT2D eigenvalue weighted by Gasteiger charge is 2.45. The smallest absolute Gasteiger partial charge is 0.407 e. The minimum atomic E-state index is -1.09. The van der Waals surface area contributed by atoms with Gasteiger partial charge in [0.1, 0.15) is 0 Å². The second-order valence-electron chi connectivity index (χ2n) is 6.13. The molecule has 1 heterocycles. The van der Waals surface area contributed by atoms with Crippen molar-refractivity contribution in [3.8, 4) is 0 Å². The standard InChI is InChI=1S/C19H28N2O6/c1-4-24-17(22)20-14(3)19(26-11-12-27-19)13-16(21-18(23)25-5-2)15-9-7-6-8-10-15/h6-10,14,16H,4-5,11-13H2,1-3H3,(H,20,22)(H,21,23)/t14-,16+/m1/s1. The molecule has 0 aromatic heterocycles. The highest BCUT2D eigenvalue weighted by Crippen LogP contribution is 2.34. The molecule has 0 aliphatic carbocycles. The molecule has 2 rings (SSSR count). The molecule has 0 unspecified atom stereocenters. The third kappa shape index (κ3) is 5.83. The molecule has 2 N–H and O–H groups in total. The molecule has 1 aliphatic heterocycles. The lowest BCUT2D eigenvalue weighted by Gasteiger charge is -2.36. The predicted octanol–water partition coefficient (Wildman–Crippen LogP) is 2.74. The van der Waals surface area contributed by atoms with Crippen LogP contribution in [0.2, 0.25) is 0 Å². The summed E-state index contributed by atoms with van der Waals surface area (Å²) in [6.45, 7) is 6.60. The normalized spacial score (nSPS) is 17.6. The molecule has 1 aliphatic rings.